The summed E-state index contributed by atoms with van der Waals surface area (Å²) in [7, 11) is 1.50. The van der Waals surface area contributed by atoms with E-state index in [4.69, 9.17) is 0 Å². The van der Waals surface area contributed by atoms with Crippen molar-refractivity contribution < 1.29 is 4.79 Å². The molecule has 1 aromatic heterocycles. The first-order valence-electron chi connectivity index (χ1n) is 5.30. The van der Waals surface area contributed by atoms with Gasteiger partial charge < -0.3 is 5.73 Å². The van der Waals surface area contributed by atoms with Gasteiger partial charge in [0.05, 0.1) is 6.20 Å². The van der Waals surface area contributed by atoms with Crippen molar-refractivity contribution in [3.63, 3.8) is 0 Å². The molecule has 0 radical (unpaired) electrons. The smallest absolute Gasteiger partial charge is 0.234 e. The van der Waals surface area contributed by atoms with Gasteiger partial charge in [0.2, 0.25) is 6.41 Å². The third kappa shape index (κ3) is 5.63. The Labute approximate surface area is 102 Å². The minimum atomic E-state index is 0.677. The van der Waals surface area contributed by atoms with Crippen molar-refractivity contribution in [2.45, 2.75) is 13.3 Å². The van der Waals surface area contributed by atoms with E-state index in [9.17, 15) is 4.79 Å². The van der Waals surface area contributed by atoms with Gasteiger partial charge in [-0.1, -0.05) is 30.9 Å². The second-order valence-corrected chi connectivity index (χ2v) is 3.09. The summed E-state index contributed by atoms with van der Waals surface area (Å²) in [6.07, 6.45) is 12.5. The molecule has 0 amide bonds. The van der Waals surface area contributed by atoms with Crippen LogP contribution in [0.2, 0.25) is 0 Å². The number of nitrogens with zero attached hydrogens (tertiary/aromatic N) is 2. The molecule has 0 aromatic carbocycles. The van der Waals surface area contributed by atoms with E-state index in [1.807, 2.05) is 25.2 Å². The van der Waals surface area contributed by atoms with Crippen molar-refractivity contribution in [3.05, 3.63) is 54.4 Å². The molecule has 1 heterocycles. The van der Waals surface area contributed by atoms with Gasteiger partial charge in [-0.05, 0) is 25.1 Å². The van der Waals surface area contributed by atoms with Crippen LogP contribution in [0, 0.1) is 0 Å². The molecule has 0 fully saturated rings. The summed E-state index contributed by atoms with van der Waals surface area (Å²) in [6, 6.07) is 0. The lowest BCUT2D eigenvalue weighted by atomic mass is 10.1. The maximum absolute atomic E-state index is 10.4. The van der Waals surface area contributed by atoms with E-state index < -0.39 is 0 Å². The minimum absolute atomic E-state index is 0.677. The molecule has 17 heavy (non-hydrogen) atoms. The van der Waals surface area contributed by atoms with Crippen molar-refractivity contribution in [1.29, 1.82) is 0 Å². The summed E-state index contributed by atoms with van der Waals surface area (Å²) < 4.78 is 1.26. The highest BCUT2D eigenvalue weighted by Crippen LogP contribution is 2.08. The third-order valence-corrected chi connectivity index (χ3v) is 1.88. The molecule has 4 nitrogen and oxygen atoms in total. The van der Waals surface area contributed by atoms with Crippen molar-refractivity contribution in [2.24, 2.45) is 5.73 Å². The lowest BCUT2D eigenvalue weighted by Crippen LogP contribution is -1.93. The van der Waals surface area contributed by atoms with Crippen LogP contribution in [-0.2, 0) is 11.2 Å². The Morgan fingerprint density at radius 2 is 2.29 bits per heavy atom. The van der Waals surface area contributed by atoms with Gasteiger partial charge in [0.15, 0.2) is 0 Å². The number of rotatable bonds is 5. The number of allylic oxidation sites excluding steroid dienone is 5. The van der Waals surface area contributed by atoms with Gasteiger partial charge in [-0.3, -0.25) is 4.79 Å². The second kappa shape index (κ2) is 9.30. The number of carbonyl (C=O) groups is 1. The van der Waals surface area contributed by atoms with Crippen LogP contribution >= 0.6 is 0 Å². The molecule has 0 saturated heterocycles. The lowest BCUT2D eigenvalue weighted by Gasteiger charge is -1.97. The van der Waals surface area contributed by atoms with E-state index in [-0.39, 0.29) is 0 Å². The normalized spacial score (nSPS) is 10.9. The summed E-state index contributed by atoms with van der Waals surface area (Å²) in [5, 5.41) is 3.88. The van der Waals surface area contributed by atoms with Crippen molar-refractivity contribution in [1.82, 2.24) is 9.78 Å². The molecule has 0 spiro atoms. The molecule has 4 heteroatoms. The fraction of sp³-hybridized carbons (Fsp3) is 0.231. The van der Waals surface area contributed by atoms with Gasteiger partial charge in [-0.2, -0.15) is 5.10 Å². The van der Waals surface area contributed by atoms with E-state index in [1.165, 1.54) is 11.7 Å². The average Bonchev–Trinajstić information content (AvgIpc) is 2.80. The van der Waals surface area contributed by atoms with Crippen molar-refractivity contribution >= 4 is 6.41 Å². The Kier molecular flexibility index (Phi) is 8.24. The van der Waals surface area contributed by atoms with Crippen LogP contribution in [0.15, 0.2) is 48.8 Å². The first kappa shape index (κ1) is 15.1. The summed E-state index contributed by atoms with van der Waals surface area (Å²) in [5.41, 5.74) is 6.64. The molecule has 0 aliphatic carbocycles. The quantitative estimate of drug-likeness (QED) is 0.622. The average molecular weight is 233 g/mol. The predicted molar refractivity (Wildman–Crippen MR) is 71.3 cm³/mol. The van der Waals surface area contributed by atoms with Gasteiger partial charge in [0.1, 0.15) is 0 Å². The Bertz CT molecular complexity index is 403. The molecule has 92 valence electrons. The van der Waals surface area contributed by atoms with E-state index >= 15 is 0 Å². The van der Waals surface area contributed by atoms with E-state index in [1.54, 1.807) is 18.5 Å². The highest BCUT2D eigenvalue weighted by atomic mass is 16.1. The molecule has 0 aliphatic rings. The zero-order chi connectivity index (χ0) is 13.1. The number of hydrogen-bond donors (Lipinski definition) is 1. The highest BCUT2D eigenvalue weighted by Gasteiger charge is 1.99. The molecule has 0 bridgehead atoms. The molecular weight excluding hydrogens is 214 g/mol. The first-order valence-corrected chi connectivity index (χ1v) is 5.30. The largest absolute Gasteiger partial charge is 0.333 e. The highest BCUT2D eigenvalue weighted by molar-refractivity contribution is 5.50. The summed E-state index contributed by atoms with van der Waals surface area (Å²) in [5.74, 6) is 0. The van der Waals surface area contributed by atoms with Crippen LogP contribution < -0.4 is 5.73 Å². The Morgan fingerprint density at radius 3 is 2.76 bits per heavy atom. The molecule has 0 atom stereocenters. The Balaban J connectivity index is 0.00000121. The maximum Gasteiger partial charge on any atom is 0.234 e. The van der Waals surface area contributed by atoms with Crippen molar-refractivity contribution in [2.75, 3.05) is 7.05 Å². The number of aromatic nitrogens is 2. The van der Waals surface area contributed by atoms with Crippen LogP contribution in [0.25, 0.3) is 0 Å². The molecule has 0 saturated carbocycles. The standard InChI is InChI=1S/C12H14N2O.CH5N/c1-3-5-11(6-4-2)7-12-8-13-14(9-12)10-15;1-2/h3-6,8-10H,1,7H2,2H3;2H2,1H3/b6-4-,11-5+;. The summed E-state index contributed by atoms with van der Waals surface area (Å²) in [6.45, 7) is 5.62. The lowest BCUT2D eigenvalue weighted by molar-refractivity contribution is 0.540. The molecule has 1 aromatic rings. The van der Waals surface area contributed by atoms with E-state index in [0.29, 0.717) is 6.41 Å². The van der Waals surface area contributed by atoms with E-state index in [0.717, 1.165) is 17.6 Å². The van der Waals surface area contributed by atoms with E-state index in [2.05, 4.69) is 17.4 Å². The van der Waals surface area contributed by atoms with Gasteiger partial charge in [0.25, 0.3) is 0 Å². The van der Waals surface area contributed by atoms with Gasteiger partial charge in [-0.15, -0.1) is 0 Å². The summed E-state index contributed by atoms with van der Waals surface area (Å²) in [4.78, 5) is 10.4. The Morgan fingerprint density at radius 1 is 1.59 bits per heavy atom. The number of carbonyl (C=O) groups excluding carboxylic acids is 1. The van der Waals surface area contributed by atoms with Crippen LogP contribution in [-0.4, -0.2) is 23.2 Å². The fourth-order valence-corrected chi connectivity index (χ4v) is 1.30. The monoisotopic (exact) mass is 233 g/mol. The van der Waals surface area contributed by atoms with Crippen LogP contribution in [0.1, 0.15) is 12.5 Å². The minimum Gasteiger partial charge on any atom is -0.333 e. The zero-order valence-electron chi connectivity index (χ0n) is 10.3. The summed E-state index contributed by atoms with van der Waals surface area (Å²) >= 11 is 0. The molecule has 0 aliphatic heterocycles. The molecular formula is C13H19N3O. The number of nitrogens with two attached hydrogens (primary N) is 1. The topological polar surface area (TPSA) is 60.9 Å². The molecule has 1 rings (SSSR count). The maximum atomic E-state index is 10.4. The van der Waals surface area contributed by atoms with Crippen LogP contribution in [0.5, 0.6) is 0 Å². The SMILES string of the molecule is C=C/C=C(\C=C/C)Cc1cnn(C=O)c1.CN. The molecule has 2 N–H and O–H groups in total. The van der Waals surface area contributed by atoms with Crippen LogP contribution in [0.4, 0.5) is 0 Å². The first-order chi connectivity index (χ1) is 8.30. The zero-order valence-corrected chi connectivity index (χ0v) is 10.3. The molecule has 0 unspecified atom stereocenters. The van der Waals surface area contributed by atoms with Crippen LogP contribution in [0.3, 0.4) is 0 Å². The van der Waals surface area contributed by atoms with Gasteiger partial charge >= 0.3 is 0 Å². The van der Waals surface area contributed by atoms with Gasteiger partial charge in [0, 0.05) is 12.6 Å². The van der Waals surface area contributed by atoms with Crippen molar-refractivity contribution in [3.8, 4) is 0 Å². The van der Waals surface area contributed by atoms with Gasteiger partial charge in [-0.25, -0.2) is 4.68 Å². The Hall–Kier alpha value is -1.94. The second-order valence-electron chi connectivity index (χ2n) is 3.09. The third-order valence-electron chi connectivity index (χ3n) is 1.88. The predicted octanol–water partition coefficient (Wildman–Crippen LogP) is 1.73. The fourth-order valence-electron chi connectivity index (χ4n) is 1.30. The number of hydrogen-bond acceptors (Lipinski definition) is 3.